The second-order valence-electron chi connectivity index (χ2n) is 5.63. The lowest BCUT2D eigenvalue weighted by atomic mass is 9.99. The molecule has 0 atom stereocenters. The zero-order chi connectivity index (χ0) is 17.3. The van der Waals surface area contributed by atoms with Crippen LogP contribution in [0, 0.1) is 20.8 Å². The van der Waals surface area contributed by atoms with Crippen molar-refractivity contribution in [2.24, 2.45) is 0 Å². The van der Waals surface area contributed by atoms with Crippen LogP contribution in [0.2, 0.25) is 0 Å². The van der Waals surface area contributed by atoms with Gasteiger partial charge in [0.15, 0.2) is 0 Å². The fourth-order valence-corrected chi connectivity index (χ4v) is 3.16. The number of aliphatic carboxylic acids is 1. The van der Waals surface area contributed by atoms with Crippen molar-refractivity contribution < 1.29 is 9.90 Å². The van der Waals surface area contributed by atoms with Crippen molar-refractivity contribution in [3.63, 3.8) is 0 Å². The number of aryl methyl sites for hydroxylation is 3. The van der Waals surface area contributed by atoms with Gasteiger partial charge in [-0.3, -0.25) is 0 Å². The summed E-state index contributed by atoms with van der Waals surface area (Å²) in [7, 11) is 0. The zero-order valence-electron chi connectivity index (χ0n) is 13.7. The first-order chi connectivity index (χ1) is 11.5. The number of rotatable bonds is 5. The summed E-state index contributed by atoms with van der Waals surface area (Å²) < 4.78 is 1.68. The molecule has 0 fully saturated rings. The largest absolute Gasteiger partial charge is 0.549 e. The highest BCUT2D eigenvalue weighted by atomic mass is 32.2. The molecule has 0 saturated heterocycles. The van der Waals surface area contributed by atoms with Gasteiger partial charge in [0.05, 0.1) is 5.97 Å². The predicted molar refractivity (Wildman–Crippen MR) is 90.0 cm³/mol. The molecule has 6 nitrogen and oxygen atoms in total. The third-order valence-corrected chi connectivity index (χ3v) is 4.79. The number of benzene rings is 1. The normalized spacial score (nSPS) is 11.1. The molecule has 2 aromatic heterocycles. The van der Waals surface area contributed by atoms with Gasteiger partial charge in [-0.25, -0.2) is 9.50 Å². The predicted octanol–water partition coefficient (Wildman–Crippen LogP) is 1.48. The van der Waals surface area contributed by atoms with Crippen LogP contribution in [0.1, 0.15) is 28.1 Å². The molecule has 0 radical (unpaired) electrons. The van der Waals surface area contributed by atoms with Crippen LogP contribution in [-0.4, -0.2) is 31.3 Å². The molecule has 0 aliphatic heterocycles. The fourth-order valence-electron chi connectivity index (χ4n) is 2.63. The number of aromatic nitrogens is 4. The van der Waals surface area contributed by atoms with Crippen LogP contribution in [0.4, 0.5) is 0 Å². The maximum Gasteiger partial charge on any atom is 0.253 e. The Morgan fingerprint density at radius 2 is 1.96 bits per heavy atom. The second-order valence-corrected chi connectivity index (χ2v) is 6.57. The lowest BCUT2D eigenvalue weighted by Gasteiger charge is -2.11. The van der Waals surface area contributed by atoms with E-state index in [1.165, 1.54) is 11.1 Å². The van der Waals surface area contributed by atoms with Gasteiger partial charge < -0.3 is 9.90 Å². The molecule has 0 N–H and O–H groups in total. The van der Waals surface area contributed by atoms with E-state index < -0.39 is 5.97 Å². The van der Waals surface area contributed by atoms with E-state index in [0.29, 0.717) is 10.9 Å². The molecule has 0 saturated carbocycles. The standard InChI is InChI=1S/C17H18N4O2S/c1-10-6-4-5-7-13(10)8-14-11(2)18-16-19-17(24-9-15(22)23)20-21(16)12(14)3/h4-7H,8-9H2,1-3H3,(H,22,23)/p-1. The molecule has 0 aliphatic carbocycles. The maximum absolute atomic E-state index is 10.6. The molecule has 124 valence electrons. The van der Waals surface area contributed by atoms with Crippen molar-refractivity contribution in [1.82, 2.24) is 19.6 Å². The van der Waals surface area contributed by atoms with Crippen LogP contribution < -0.4 is 5.11 Å². The van der Waals surface area contributed by atoms with Gasteiger partial charge in [0.1, 0.15) is 0 Å². The van der Waals surface area contributed by atoms with Crippen molar-refractivity contribution in [3.05, 3.63) is 52.3 Å². The summed E-state index contributed by atoms with van der Waals surface area (Å²) in [5.74, 6) is -0.829. The lowest BCUT2D eigenvalue weighted by Crippen LogP contribution is -2.24. The summed E-state index contributed by atoms with van der Waals surface area (Å²) >= 11 is 1.04. The van der Waals surface area contributed by atoms with E-state index in [4.69, 9.17) is 0 Å². The Morgan fingerprint density at radius 1 is 1.21 bits per heavy atom. The molecule has 0 spiro atoms. The minimum absolute atomic E-state index is 0.176. The minimum Gasteiger partial charge on any atom is -0.549 e. The Labute approximate surface area is 144 Å². The third kappa shape index (κ3) is 3.26. The number of hydrogen-bond donors (Lipinski definition) is 0. The van der Waals surface area contributed by atoms with Crippen LogP contribution in [-0.2, 0) is 11.2 Å². The monoisotopic (exact) mass is 341 g/mol. The highest BCUT2D eigenvalue weighted by Gasteiger charge is 2.14. The molecule has 0 bridgehead atoms. The summed E-state index contributed by atoms with van der Waals surface area (Å²) in [6, 6.07) is 8.26. The number of nitrogens with zero attached hydrogens (tertiary/aromatic N) is 4. The van der Waals surface area contributed by atoms with Crippen LogP contribution >= 0.6 is 11.8 Å². The number of carboxylic acid groups (broad SMARTS) is 1. The average Bonchev–Trinajstić information content (AvgIpc) is 2.94. The van der Waals surface area contributed by atoms with Crippen LogP contribution in [0.5, 0.6) is 0 Å². The molecule has 24 heavy (non-hydrogen) atoms. The first-order valence-corrected chi connectivity index (χ1v) is 8.54. The van der Waals surface area contributed by atoms with E-state index in [1.54, 1.807) is 4.52 Å². The Kier molecular flexibility index (Phi) is 4.53. The number of carbonyl (C=O) groups is 1. The first-order valence-electron chi connectivity index (χ1n) is 7.55. The number of thioether (sulfide) groups is 1. The quantitative estimate of drug-likeness (QED) is 0.654. The van der Waals surface area contributed by atoms with Crippen molar-refractivity contribution in [2.75, 3.05) is 5.75 Å². The third-order valence-electron chi connectivity index (χ3n) is 3.98. The van der Waals surface area contributed by atoms with E-state index in [-0.39, 0.29) is 5.75 Å². The Balaban J connectivity index is 2.00. The summed E-state index contributed by atoms with van der Waals surface area (Å²) in [4.78, 5) is 19.4. The van der Waals surface area contributed by atoms with Crippen molar-refractivity contribution in [3.8, 4) is 0 Å². The smallest absolute Gasteiger partial charge is 0.253 e. The molecule has 1 aromatic carbocycles. The van der Waals surface area contributed by atoms with Crippen LogP contribution in [0.25, 0.3) is 5.78 Å². The highest BCUT2D eigenvalue weighted by molar-refractivity contribution is 7.99. The van der Waals surface area contributed by atoms with E-state index in [0.717, 1.165) is 35.1 Å². The van der Waals surface area contributed by atoms with Gasteiger partial charge in [0.25, 0.3) is 5.78 Å². The Hall–Kier alpha value is -2.41. The second kappa shape index (κ2) is 6.60. The number of hydrogen-bond acceptors (Lipinski definition) is 6. The lowest BCUT2D eigenvalue weighted by molar-refractivity contribution is -0.301. The molecular weight excluding hydrogens is 324 g/mol. The number of fused-ring (bicyclic) bond motifs is 1. The van der Waals surface area contributed by atoms with Gasteiger partial charge in [-0.15, -0.1) is 5.10 Å². The Morgan fingerprint density at radius 3 is 2.67 bits per heavy atom. The maximum atomic E-state index is 10.6. The summed E-state index contributed by atoms with van der Waals surface area (Å²) in [6.07, 6.45) is 0.772. The van der Waals surface area contributed by atoms with Gasteiger partial charge in [0.2, 0.25) is 5.16 Å². The zero-order valence-corrected chi connectivity index (χ0v) is 14.6. The van der Waals surface area contributed by atoms with Gasteiger partial charge in [-0.1, -0.05) is 36.0 Å². The summed E-state index contributed by atoms with van der Waals surface area (Å²) in [6.45, 7) is 6.04. The van der Waals surface area contributed by atoms with Crippen LogP contribution in [0.15, 0.2) is 29.4 Å². The molecule has 2 heterocycles. The first kappa shape index (κ1) is 16.4. The van der Waals surface area contributed by atoms with Gasteiger partial charge in [-0.2, -0.15) is 4.98 Å². The topological polar surface area (TPSA) is 83.2 Å². The van der Waals surface area contributed by atoms with Crippen LogP contribution in [0.3, 0.4) is 0 Å². The van der Waals surface area contributed by atoms with Crippen molar-refractivity contribution in [2.45, 2.75) is 32.3 Å². The highest BCUT2D eigenvalue weighted by Crippen LogP contribution is 2.21. The van der Waals surface area contributed by atoms with E-state index in [1.807, 2.05) is 26.0 Å². The Bertz CT molecular complexity index is 920. The number of carboxylic acids is 1. The molecule has 3 rings (SSSR count). The molecule has 0 aliphatic rings. The fraction of sp³-hybridized carbons (Fsp3) is 0.294. The molecule has 0 unspecified atom stereocenters. The van der Waals surface area contributed by atoms with Gasteiger partial charge in [-0.05, 0) is 37.5 Å². The molecule has 0 amide bonds. The van der Waals surface area contributed by atoms with Gasteiger partial charge >= 0.3 is 0 Å². The molecule has 7 heteroatoms. The molecule has 3 aromatic rings. The average molecular weight is 341 g/mol. The number of carbonyl (C=O) groups excluding carboxylic acids is 1. The summed E-state index contributed by atoms with van der Waals surface area (Å²) in [5, 5.41) is 15.3. The molecular formula is C17H17N4O2S-. The SMILES string of the molecule is Cc1ccccc1Cc1c(C)nc2nc(SCC(=O)[O-])nn2c1C. The van der Waals surface area contributed by atoms with Crippen molar-refractivity contribution >= 4 is 23.5 Å². The van der Waals surface area contributed by atoms with Crippen molar-refractivity contribution in [1.29, 1.82) is 0 Å². The van der Waals surface area contributed by atoms with Gasteiger partial charge in [0, 0.05) is 23.6 Å². The van der Waals surface area contributed by atoms with E-state index in [2.05, 4.69) is 34.1 Å². The minimum atomic E-state index is -1.14. The van der Waals surface area contributed by atoms with E-state index in [9.17, 15) is 9.90 Å². The van der Waals surface area contributed by atoms with E-state index >= 15 is 0 Å². The summed E-state index contributed by atoms with van der Waals surface area (Å²) in [5.41, 5.74) is 5.47.